The monoisotopic (exact) mass is 395 g/mol. The van der Waals surface area contributed by atoms with Gasteiger partial charge in [0.15, 0.2) is 5.65 Å². The van der Waals surface area contributed by atoms with Gasteiger partial charge < -0.3 is 15.7 Å². The zero-order valence-corrected chi connectivity index (χ0v) is 16.3. The van der Waals surface area contributed by atoms with Crippen molar-refractivity contribution in [1.29, 1.82) is 0 Å². The zero-order valence-electron chi connectivity index (χ0n) is 16.3. The molecule has 0 saturated heterocycles. The van der Waals surface area contributed by atoms with E-state index in [4.69, 9.17) is 5.11 Å². The first-order chi connectivity index (χ1) is 13.7. The maximum atomic E-state index is 12.8. The molecule has 3 N–H and O–H groups in total. The van der Waals surface area contributed by atoms with Gasteiger partial charge in [-0.2, -0.15) is 5.10 Å². The number of fused-ring (bicyclic) bond motifs is 1. The molecule has 3 aromatic rings. The molecule has 29 heavy (non-hydrogen) atoms. The van der Waals surface area contributed by atoms with Crippen LogP contribution < -0.4 is 10.6 Å². The molecule has 0 bridgehead atoms. The van der Waals surface area contributed by atoms with Gasteiger partial charge in [0, 0.05) is 17.1 Å². The number of hydrogen-bond acceptors (Lipinski definition) is 5. The number of anilines is 1. The van der Waals surface area contributed by atoms with Crippen LogP contribution in [0.4, 0.5) is 5.69 Å². The minimum Gasteiger partial charge on any atom is -0.480 e. The van der Waals surface area contributed by atoms with E-state index in [1.54, 1.807) is 35.7 Å². The summed E-state index contributed by atoms with van der Waals surface area (Å²) in [5, 5.41) is 18.1. The Hall–Kier alpha value is -3.75. The predicted octanol–water partition coefficient (Wildman–Crippen LogP) is 1.65. The standard InChI is InChI=1S/C20H21N5O4/c1-11-8-12(2)25-19(22-11)18(13(3)24-25)20(29)23-15-6-4-14(5-7-15)9-16(26)21-10-17(27)28/h4-8H,9-10H2,1-3H3,(H,21,26)(H,23,29)(H,27,28). The first kappa shape index (κ1) is 20.0. The number of carboxylic acid groups (broad SMARTS) is 1. The lowest BCUT2D eigenvalue weighted by Crippen LogP contribution is -2.30. The van der Waals surface area contributed by atoms with Crippen molar-refractivity contribution in [3.63, 3.8) is 0 Å². The van der Waals surface area contributed by atoms with Crippen LogP contribution in [0.3, 0.4) is 0 Å². The Kier molecular flexibility index (Phi) is 5.58. The second-order valence-electron chi connectivity index (χ2n) is 6.73. The summed E-state index contributed by atoms with van der Waals surface area (Å²) in [6, 6.07) is 8.66. The average molecular weight is 395 g/mol. The summed E-state index contributed by atoms with van der Waals surface area (Å²) in [4.78, 5) is 39.4. The number of hydrogen-bond donors (Lipinski definition) is 3. The highest BCUT2D eigenvalue weighted by Gasteiger charge is 2.20. The van der Waals surface area contributed by atoms with Crippen LogP contribution in [-0.2, 0) is 16.0 Å². The molecule has 0 unspecified atom stereocenters. The van der Waals surface area contributed by atoms with Crippen LogP contribution in [-0.4, -0.2) is 44.0 Å². The lowest BCUT2D eigenvalue weighted by Gasteiger charge is -2.07. The number of aryl methyl sites for hydroxylation is 3. The molecule has 9 heteroatoms. The van der Waals surface area contributed by atoms with Gasteiger partial charge in [0.2, 0.25) is 5.91 Å². The van der Waals surface area contributed by atoms with Crippen molar-refractivity contribution >= 4 is 29.1 Å². The van der Waals surface area contributed by atoms with E-state index in [0.29, 0.717) is 28.2 Å². The maximum absolute atomic E-state index is 12.8. The van der Waals surface area contributed by atoms with Gasteiger partial charge in [-0.3, -0.25) is 14.4 Å². The van der Waals surface area contributed by atoms with Crippen LogP contribution in [0, 0.1) is 20.8 Å². The van der Waals surface area contributed by atoms with E-state index in [2.05, 4.69) is 20.7 Å². The number of nitrogens with one attached hydrogen (secondary N) is 2. The number of aliphatic carboxylic acids is 1. The number of aromatic nitrogens is 3. The molecule has 2 heterocycles. The van der Waals surface area contributed by atoms with Crippen LogP contribution >= 0.6 is 0 Å². The second-order valence-corrected chi connectivity index (χ2v) is 6.73. The van der Waals surface area contributed by atoms with Crippen LogP contribution in [0.5, 0.6) is 0 Å². The van der Waals surface area contributed by atoms with E-state index in [1.165, 1.54) is 0 Å². The quantitative estimate of drug-likeness (QED) is 0.583. The number of benzene rings is 1. The Morgan fingerprint density at radius 1 is 1.10 bits per heavy atom. The highest BCUT2D eigenvalue weighted by molar-refractivity contribution is 6.09. The summed E-state index contributed by atoms with van der Waals surface area (Å²) in [7, 11) is 0. The van der Waals surface area contributed by atoms with E-state index in [9.17, 15) is 14.4 Å². The third kappa shape index (κ3) is 4.57. The van der Waals surface area contributed by atoms with E-state index in [1.807, 2.05) is 19.9 Å². The number of rotatable bonds is 6. The van der Waals surface area contributed by atoms with Crippen LogP contribution in [0.1, 0.15) is 33.0 Å². The molecule has 0 aliphatic carbocycles. The number of amides is 2. The molecule has 0 saturated carbocycles. The fourth-order valence-corrected chi connectivity index (χ4v) is 3.01. The normalized spacial score (nSPS) is 10.7. The highest BCUT2D eigenvalue weighted by atomic mass is 16.4. The molecule has 0 radical (unpaired) electrons. The molecule has 0 aliphatic heterocycles. The first-order valence-corrected chi connectivity index (χ1v) is 8.97. The Labute approximate surface area is 166 Å². The van der Waals surface area contributed by atoms with E-state index in [-0.39, 0.29) is 18.2 Å². The molecule has 150 valence electrons. The molecule has 0 fully saturated rings. The van der Waals surface area contributed by atoms with Gasteiger partial charge in [-0.15, -0.1) is 0 Å². The molecule has 3 rings (SSSR count). The van der Waals surface area contributed by atoms with E-state index in [0.717, 1.165) is 11.4 Å². The van der Waals surface area contributed by atoms with Gasteiger partial charge in [-0.05, 0) is 44.5 Å². The summed E-state index contributed by atoms with van der Waals surface area (Å²) >= 11 is 0. The van der Waals surface area contributed by atoms with Crippen LogP contribution in [0.15, 0.2) is 30.3 Å². The Balaban J connectivity index is 1.73. The largest absolute Gasteiger partial charge is 0.480 e. The van der Waals surface area contributed by atoms with Crippen molar-refractivity contribution in [3.8, 4) is 0 Å². The van der Waals surface area contributed by atoms with E-state index < -0.39 is 12.5 Å². The molecular formula is C20H21N5O4. The number of carboxylic acids is 1. The number of carbonyl (C=O) groups is 3. The molecule has 1 aromatic carbocycles. The van der Waals surface area contributed by atoms with Crippen molar-refractivity contribution < 1.29 is 19.5 Å². The predicted molar refractivity (Wildman–Crippen MR) is 106 cm³/mol. The second kappa shape index (κ2) is 8.09. The Bertz CT molecular complexity index is 1100. The molecule has 0 spiro atoms. The first-order valence-electron chi connectivity index (χ1n) is 8.97. The molecule has 0 aliphatic rings. The molecular weight excluding hydrogens is 374 g/mol. The fourth-order valence-electron chi connectivity index (χ4n) is 3.01. The SMILES string of the molecule is Cc1cc(C)n2nc(C)c(C(=O)Nc3ccc(CC(=O)NCC(=O)O)cc3)c2n1. The molecule has 9 nitrogen and oxygen atoms in total. The average Bonchev–Trinajstić information content (AvgIpc) is 2.98. The van der Waals surface area contributed by atoms with E-state index >= 15 is 0 Å². The third-order valence-corrected chi connectivity index (χ3v) is 4.31. The van der Waals surface area contributed by atoms with Gasteiger partial charge in [0.1, 0.15) is 12.1 Å². The van der Waals surface area contributed by atoms with Gasteiger partial charge in [0.25, 0.3) is 5.91 Å². The third-order valence-electron chi connectivity index (χ3n) is 4.31. The Morgan fingerprint density at radius 2 is 1.79 bits per heavy atom. The van der Waals surface area contributed by atoms with Crippen LogP contribution in [0.25, 0.3) is 5.65 Å². The minimum atomic E-state index is -1.10. The van der Waals surface area contributed by atoms with Crippen molar-refractivity contribution in [1.82, 2.24) is 19.9 Å². The van der Waals surface area contributed by atoms with Gasteiger partial charge in [-0.25, -0.2) is 9.50 Å². The smallest absolute Gasteiger partial charge is 0.322 e. The molecule has 2 amide bonds. The fraction of sp³-hybridized carbons (Fsp3) is 0.250. The number of carbonyl (C=O) groups excluding carboxylic acids is 2. The Morgan fingerprint density at radius 3 is 2.45 bits per heavy atom. The molecule has 2 aromatic heterocycles. The maximum Gasteiger partial charge on any atom is 0.322 e. The zero-order chi connectivity index (χ0) is 21.1. The summed E-state index contributed by atoms with van der Waals surface area (Å²) in [5.41, 5.74) is 4.45. The summed E-state index contributed by atoms with van der Waals surface area (Å²) in [5.74, 6) is -1.80. The number of nitrogens with zero attached hydrogens (tertiary/aromatic N) is 3. The van der Waals surface area contributed by atoms with Crippen molar-refractivity contribution in [2.75, 3.05) is 11.9 Å². The highest BCUT2D eigenvalue weighted by Crippen LogP contribution is 2.18. The lowest BCUT2D eigenvalue weighted by molar-refractivity contribution is -0.137. The van der Waals surface area contributed by atoms with Crippen LogP contribution in [0.2, 0.25) is 0 Å². The topological polar surface area (TPSA) is 126 Å². The minimum absolute atomic E-state index is 0.0527. The summed E-state index contributed by atoms with van der Waals surface area (Å²) in [6.45, 7) is 5.11. The van der Waals surface area contributed by atoms with Gasteiger partial charge in [-0.1, -0.05) is 12.1 Å². The van der Waals surface area contributed by atoms with Crippen molar-refractivity contribution in [2.45, 2.75) is 27.2 Å². The summed E-state index contributed by atoms with van der Waals surface area (Å²) in [6.07, 6.45) is 0.0527. The van der Waals surface area contributed by atoms with Crippen molar-refractivity contribution in [2.24, 2.45) is 0 Å². The lowest BCUT2D eigenvalue weighted by atomic mass is 10.1. The van der Waals surface area contributed by atoms with Gasteiger partial charge in [0.05, 0.1) is 12.1 Å². The van der Waals surface area contributed by atoms with Gasteiger partial charge >= 0.3 is 5.97 Å². The molecule has 0 atom stereocenters. The van der Waals surface area contributed by atoms with Crippen molar-refractivity contribution in [3.05, 3.63) is 58.5 Å². The summed E-state index contributed by atoms with van der Waals surface area (Å²) < 4.78 is 1.65.